The van der Waals surface area contributed by atoms with Crippen LogP contribution < -0.4 is 47.4 Å². The molecule has 10 aliphatic rings. The van der Waals surface area contributed by atoms with E-state index in [4.69, 9.17) is 66.3 Å². The highest BCUT2D eigenvalue weighted by Gasteiger charge is 2.57. The maximum atomic E-state index is 13.5. The number of benzene rings is 4. The summed E-state index contributed by atoms with van der Waals surface area (Å²) >= 11 is 0. The maximum absolute atomic E-state index is 13.5. The Morgan fingerprint density at radius 3 is 1.10 bits per heavy atom. The Morgan fingerprint density at radius 1 is 0.436 bits per heavy atom. The van der Waals surface area contributed by atoms with Crippen molar-refractivity contribution in [1.29, 1.82) is 0 Å². The standard InChI is InChI=1S/2C30H30O9/c2*1-33-23-8-16(9-24(34-2)28(23)35-3)25-18-10-21-22(38-13-37-21)11-19(18)27(20-12-36-30(32)26(20)25)39-29(31)17-7-14-4-5-15(17)6-14/h2*4-5,8-11,14-15,17,20,25-27H,6-7,12-13H2,1-3H3/t2*14?,15?,17?,20-,25+,26-,27-/m00/s1. The molecule has 14 atom stereocenters. The molecule has 14 rings (SSSR count). The number of hydrogen-bond donors (Lipinski definition) is 0. The molecular weight excluding hydrogens is 1010 g/mol. The molecular formula is C60H60O18. The molecule has 6 unspecified atom stereocenters. The molecule has 408 valence electrons. The zero-order chi connectivity index (χ0) is 53.7. The number of carbonyl (C=O) groups is 4. The van der Waals surface area contributed by atoms with Crippen LogP contribution in [0.4, 0.5) is 0 Å². The number of hydrogen-bond acceptors (Lipinski definition) is 18. The number of rotatable bonds is 12. The predicted molar refractivity (Wildman–Crippen MR) is 272 cm³/mol. The van der Waals surface area contributed by atoms with Crippen LogP contribution in [-0.2, 0) is 38.1 Å². The number of ether oxygens (including phenoxy) is 14. The van der Waals surface area contributed by atoms with Gasteiger partial charge in [-0.2, -0.15) is 0 Å². The van der Waals surface area contributed by atoms with E-state index < -0.39 is 35.9 Å². The van der Waals surface area contributed by atoms with E-state index in [1.807, 2.05) is 48.5 Å². The van der Waals surface area contributed by atoms with E-state index in [-0.39, 0.29) is 86.2 Å². The molecule has 4 aromatic carbocycles. The van der Waals surface area contributed by atoms with Crippen molar-refractivity contribution < 1.29 is 85.5 Å². The number of esters is 4. The first-order valence-electron chi connectivity index (χ1n) is 26.6. The van der Waals surface area contributed by atoms with Gasteiger partial charge in [-0.15, -0.1) is 0 Å². The Bertz CT molecular complexity index is 2920. The van der Waals surface area contributed by atoms with Crippen LogP contribution in [0, 0.1) is 59.2 Å². The van der Waals surface area contributed by atoms with Crippen LogP contribution in [0.5, 0.6) is 57.5 Å². The zero-order valence-electron chi connectivity index (χ0n) is 44.0. The fraction of sp³-hybridized carbons (Fsp3) is 0.467. The van der Waals surface area contributed by atoms with Crippen LogP contribution in [0.3, 0.4) is 0 Å². The minimum atomic E-state index is -0.653. The van der Waals surface area contributed by atoms with Gasteiger partial charge in [0.15, 0.2) is 46.0 Å². The molecule has 4 aliphatic heterocycles. The molecule has 2 saturated carbocycles. The SMILES string of the molecule is COc1cc([C@@H]2c3cc4c(cc3[C@H](OC(=O)C3CC5C=CC3C5)[C@H]3COC(=O)[C@H]23)OCO4)cc(OC)c1OC.COc1cc([C@@H]2c3cc4c(cc3[C@H](OC(=O)C3CC5C=CC3C5)[C@H]3COC(=O)[C@H]23)OCO4)cc(OC)c1OC. The predicted octanol–water partition coefficient (Wildman–Crippen LogP) is 8.34. The summed E-state index contributed by atoms with van der Waals surface area (Å²) in [6, 6.07) is 15.0. The lowest BCUT2D eigenvalue weighted by molar-refractivity contribution is -0.161. The monoisotopic (exact) mass is 1070 g/mol. The molecule has 4 fully saturated rings. The van der Waals surface area contributed by atoms with Gasteiger partial charge in [0.05, 0.1) is 79.5 Å². The smallest absolute Gasteiger partial charge is 0.310 e. The van der Waals surface area contributed by atoms with Crippen molar-refractivity contribution >= 4 is 23.9 Å². The summed E-state index contributed by atoms with van der Waals surface area (Å²) in [5, 5.41) is 0. The normalized spacial score (nSPS) is 30.9. The number of methoxy groups -OCH3 is 6. The molecule has 0 radical (unpaired) electrons. The molecule has 0 N–H and O–H groups in total. The van der Waals surface area contributed by atoms with E-state index in [1.165, 1.54) is 0 Å². The summed E-state index contributed by atoms with van der Waals surface area (Å²) in [6.07, 6.45) is 11.0. The largest absolute Gasteiger partial charge is 0.493 e. The number of cyclic esters (lactones) is 2. The van der Waals surface area contributed by atoms with E-state index in [0.717, 1.165) is 59.1 Å². The van der Waals surface area contributed by atoms with Gasteiger partial charge < -0.3 is 66.3 Å². The molecule has 6 aliphatic carbocycles. The molecule has 18 heteroatoms. The fourth-order valence-corrected chi connectivity index (χ4v) is 14.4. The van der Waals surface area contributed by atoms with E-state index in [9.17, 15) is 19.2 Å². The van der Waals surface area contributed by atoms with Gasteiger partial charge in [0.2, 0.25) is 25.1 Å². The second kappa shape index (κ2) is 19.6. The summed E-state index contributed by atoms with van der Waals surface area (Å²) in [6.45, 7) is 0.521. The van der Waals surface area contributed by atoms with Crippen molar-refractivity contribution in [3.63, 3.8) is 0 Å². The topological polar surface area (TPSA) is 197 Å². The Labute approximate surface area is 450 Å². The average Bonchev–Trinajstić information content (AvgIpc) is 4.50. The lowest BCUT2D eigenvalue weighted by atomic mass is 9.66. The maximum Gasteiger partial charge on any atom is 0.310 e. The second-order valence-corrected chi connectivity index (χ2v) is 21.7. The number of allylic oxidation sites excluding steroid dienone is 4. The Morgan fingerprint density at radius 2 is 0.795 bits per heavy atom. The molecule has 4 heterocycles. The zero-order valence-corrected chi connectivity index (χ0v) is 44.0. The number of fused-ring (bicyclic) bond motifs is 10. The summed E-state index contributed by atoms with van der Waals surface area (Å²) in [4.78, 5) is 53.7. The lowest BCUT2D eigenvalue weighted by Gasteiger charge is -2.39. The summed E-state index contributed by atoms with van der Waals surface area (Å²) < 4.78 is 80.3. The highest BCUT2D eigenvalue weighted by Crippen LogP contribution is 2.60. The van der Waals surface area contributed by atoms with Crippen molar-refractivity contribution in [3.05, 3.63) is 106 Å². The van der Waals surface area contributed by atoms with Crippen molar-refractivity contribution in [2.75, 3.05) is 69.5 Å². The minimum absolute atomic E-state index is 0.101. The quantitative estimate of drug-likeness (QED) is 0.0745. The molecule has 78 heavy (non-hydrogen) atoms. The van der Waals surface area contributed by atoms with Crippen molar-refractivity contribution in [2.45, 2.75) is 49.7 Å². The molecule has 4 bridgehead atoms. The minimum Gasteiger partial charge on any atom is -0.493 e. The van der Waals surface area contributed by atoms with Gasteiger partial charge in [0, 0.05) is 34.8 Å². The molecule has 4 aromatic rings. The van der Waals surface area contributed by atoms with Crippen LogP contribution in [-0.4, -0.2) is 93.3 Å². The van der Waals surface area contributed by atoms with Crippen LogP contribution in [0.2, 0.25) is 0 Å². The van der Waals surface area contributed by atoms with Gasteiger partial charge in [-0.25, -0.2) is 0 Å². The van der Waals surface area contributed by atoms with Crippen LogP contribution in [0.1, 0.15) is 83.1 Å². The highest BCUT2D eigenvalue weighted by molar-refractivity contribution is 5.81. The van der Waals surface area contributed by atoms with Gasteiger partial charge in [-0.3, -0.25) is 19.2 Å². The third-order valence-corrected chi connectivity index (χ3v) is 18.0. The lowest BCUT2D eigenvalue weighted by Crippen LogP contribution is -2.37. The molecule has 0 aromatic heterocycles. The Kier molecular flexibility index (Phi) is 12.5. The second-order valence-electron chi connectivity index (χ2n) is 21.7. The van der Waals surface area contributed by atoms with Gasteiger partial charge in [0.1, 0.15) is 12.2 Å². The highest BCUT2D eigenvalue weighted by atomic mass is 16.7. The summed E-state index contributed by atoms with van der Waals surface area (Å²) in [5.74, 6) is 2.31. The van der Waals surface area contributed by atoms with E-state index in [1.54, 1.807) is 42.7 Å². The Balaban J connectivity index is 0.000000148. The van der Waals surface area contributed by atoms with Crippen LogP contribution >= 0.6 is 0 Å². The molecule has 0 amide bonds. The third kappa shape index (κ3) is 8.01. The van der Waals surface area contributed by atoms with Gasteiger partial charge in [0.25, 0.3) is 0 Å². The van der Waals surface area contributed by atoms with Crippen molar-refractivity contribution in [3.8, 4) is 57.5 Å². The fourth-order valence-electron chi connectivity index (χ4n) is 14.4. The average molecular weight is 1070 g/mol. The summed E-state index contributed by atoms with van der Waals surface area (Å²) in [5.41, 5.74) is 4.82. The van der Waals surface area contributed by atoms with Gasteiger partial charge >= 0.3 is 23.9 Å². The first-order valence-corrected chi connectivity index (χ1v) is 26.6. The molecule has 0 spiro atoms. The van der Waals surface area contributed by atoms with E-state index in [0.29, 0.717) is 69.3 Å². The summed E-state index contributed by atoms with van der Waals surface area (Å²) in [7, 11) is 9.32. The first kappa shape index (κ1) is 49.8. The molecule has 18 nitrogen and oxygen atoms in total. The first-order chi connectivity index (χ1) is 38.0. The van der Waals surface area contributed by atoms with Crippen LogP contribution in [0.15, 0.2) is 72.8 Å². The van der Waals surface area contributed by atoms with Gasteiger partial charge in [-0.05, 0) is 120 Å². The van der Waals surface area contributed by atoms with Crippen molar-refractivity contribution in [1.82, 2.24) is 0 Å². The van der Waals surface area contributed by atoms with Crippen molar-refractivity contribution in [2.24, 2.45) is 59.2 Å². The van der Waals surface area contributed by atoms with Gasteiger partial charge in [-0.1, -0.05) is 24.3 Å². The number of carbonyl (C=O) groups excluding carboxylic acids is 4. The Hall–Kier alpha value is -7.76. The van der Waals surface area contributed by atoms with Crippen LogP contribution in [0.25, 0.3) is 0 Å². The van der Waals surface area contributed by atoms with E-state index >= 15 is 0 Å². The third-order valence-electron chi connectivity index (χ3n) is 18.0. The van der Waals surface area contributed by atoms with E-state index in [2.05, 4.69) is 24.3 Å². The molecule has 2 saturated heterocycles.